The van der Waals surface area contributed by atoms with E-state index in [-0.39, 0.29) is 11.2 Å². The summed E-state index contributed by atoms with van der Waals surface area (Å²) in [6.45, 7) is 4.20. The average Bonchev–Trinajstić information content (AvgIpc) is 2.92. The van der Waals surface area contributed by atoms with Crippen molar-refractivity contribution >= 4 is 17.4 Å². The number of rotatable bonds is 1. The number of Topliss-reactive ketones (excluding diaryl/α,β-unsaturated/α-hetero) is 1. The first-order valence-electron chi connectivity index (χ1n) is 9.49. The molecule has 2 aromatic carbocycles. The minimum atomic E-state index is -0.805. The fourth-order valence-electron chi connectivity index (χ4n) is 4.64. The van der Waals surface area contributed by atoms with Crippen molar-refractivity contribution < 1.29 is 9.90 Å². The second kappa shape index (κ2) is 6.00. The summed E-state index contributed by atoms with van der Waals surface area (Å²) in [5.74, 6) is 0.0830. The number of nitrogens with zero attached hydrogens (tertiary/aromatic N) is 1. The molecule has 140 valence electrons. The molecule has 0 saturated carbocycles. The third-order valence-electron chi connectivity index (χ3n) is 5.77. The molecule has 3 aromatic rings. The van der Waals surface area contributed by atoms with Gasteiger partial charge in [0, 0.05) is 33.7 Å². The van der Waals surface area contributed by atoms with Gasteiger partial charge in [0.2, 0.25) is 0 Å². The standard InChI is InChI=1S/C24H20ClNO2/c1-24(2)11-17-20(18(27)12-24)19(13-6-5-7-14(25)10-13)21-22(26-17)15-8-3-4-9-16(15)23(21)28/h3-10,23,28H,11-12H2,1-2H3/t23-/m0/s1. The van der Waals surface area contributed by atoms with E-state index in [1.165, 1.54) is 0 Å². The summed E-state index contributed by atoms with van der Waals surface area (Å²) in [6.07, 6.45) is 0.394. The van der Waals surface area contributed by atoms with Crippen molar-refractivity contribution in [1.29, 1.82) is 0 Å². The fourth-order valence-corrected chi connectivity index (χ4v) is 4.83. The highest BCUT2D eigenvalue weighted by molar-refractivity contribution is 6.31. The summed E-state index contributed by atoms with van der Waals surface area (Å²) in [5, 5.41) is 11.8. The third-order valence-corrected chi connectivity index (χ3v) is 6.01. The Kier molecular flexibility index (Phi) is 3.77. The molecule has 0 saturated heterocycles. The first-order valence-corrected chi connectivity index (χ1v) is 9.87. The molecule has 5 rings (SSSR count). The summed E-state index contributed by atoms with van der Waals surface area (Å²) >= 11 is 6.27. The number of carbonyl (C=O) groups excluding carboxylic acids is 1. The van der Waals surface area contributed by atoms with E-state index in [0.29, 0.717) is 17.0 Å². The second-order valence-corrected chi connectivity index (χ2v) is 8.95. The molecule has 0 unspecified atom stereocenters. The van der Waals surface area contributed by atoms with Crippen molar-refractivity contribution in [2.24, 2.45) is 5.41 Å². The van der Waals surface area contributed by atoms with Gasteiger partial charge in [0.25, 0.3) is 0 Å². The lowest BCUT2D eigenvalue weighted by Crippen LogP contribution is -2.29. The van der Waals surface area contributed by atoms with Crippen LogP contribution in [0.2, 0.25) is 5.02 Å². The molecule has 0 spiro atoms. The number of ketones is 1. The molecule has 1 atom stereocenters. The maximum atomic E-state index is 13.2. The Bertz CT molecular complexity index is 1150. The monoisotopic (exact) mass is 389 g/mol. The van der Waals surface area contributed by atoms with Crippen LogP contribution in [0.25, 0.3) is 22.4 Å². The van der Waals surface area contributed by atoms with Crippen molar-refractivity contribution in [3.63, 3.8) is 0 Å². The molecule has 4 heteroatoms. The van der Waals surface area contributed by atoms with Gasteiger partial charge in [-0.1, -0.05) is 61.8 Å². The highest BCUT2D eigenvalue weighted by Gasteiger charge is 2.40. The first-order chi connectivity index (χ1) is 13.4. The number of aliphatic hydroxyl groups excluding tert-OH is 1. The van der Waals surface area contributed by atoms with Gasteiger partial charge in [0.15, 0.2) is 5.78 Å². The van der Waals surface area contributed by atoms with Crippen molar-refractivity contribution in [3.05, 3.63) is 75.9 Å². The van der Waals surface area contributed by atoms with E-state index < -0.39 is 6.10 Å². The fraction of sp³-hybridized carbons (Fsp3) is 0.250. The van der Waals surface area contributed by atoms with E-state index in [1.54, 1.807) is 0 Å². The molecule has 3 nitrogen and oxygen atoms in total. The number of halogens is 1. The Hall–Kier alpha value is -2.49. The molecule has 0 bridgehead atoms. The quantitative estimate of drug-likeness (QED) is 0.587. The molecule has 0 amide bonds. The lowest BCUT2D eigenvalue weighted by molar-refractivity contribution is 0.0911. The second-order valence-electron chi connectivity index (χ2n) is 8.51. The summed E-state index contributed by atoms with van der Waals surface area (Å²) < 4.78 is 0. The summed E-state index contributed by atoms with van der Waals surface area (Å²) in [5.41, 5.74) is 6.24. The molecule has 1 aromatic heterocycles. The van der Waals surface area contributed by atoms with Crippen molar-refractivity contribution in [1.82, 2.24) is 4.98 Å². The first kappa shape index (κ1) is 17.6. The largest absolute Gasteiger partial charge is 0.384 e. The molecule has 28 heavy (non-hydrogen) atoms. The van der Waals surface area contributed by atoms with Gasteiger partial charge >= 0.3 is 0 Å². The molecular weight excluding hydrogens is 370 g/mol. The van der Waals surface area contributed by atoms with Crippen LogP contribution >= 0.6 is 11.6 Å². The van der Waals surface area contributed by atoms with Crippen LogP contribution in [0.1, 0.15) is 53.6 Å². The molecule has 1 N–H and O–H groups in total. The number of hydrogen-bond acceptors (Lipinski definition) is 3. The number of carbonyl (C=O) groups is 1. The highest BCUT2D eigenvalue weighted by Crippen LogP contribution is 2.50. The van der Waals surface area contributed by atoms with Crippen molar-refractivity contribution in [3.8, 4) is 22.4 Å². The maximum Gasteiger partial charge on any atom is 0.165 e. The Labute approximate surface area is 169 Å². The predicted octanol–water partition coefficient (Wildman–Crippen LogP) is 5.62. The average molecular weight is 390 g/mol. The minimum absolute atomic E-state index is 0.0830. The van der Waals surface area contributed by atoms with E-state index in [1.807, 2.05) is 48.5 Å². The highest BCUT2D eigenvalue weighted by atomic mass is 35.5. The van der Waals surface area contributed by atoms with Gasteiger partial charge in [-0.3, -0.25) is 9.78 Å². The lowest BCUT2D eigenvalue weighted by atomic mass is 9.73. The Morgan fingerprint density at radius 3 is 2.64 bits per heavy atom. The number of benzene rings is 2. The van der Waals surface area contributed by atoms with Crippen LogP contribution in [0, 0.1) is 5.41 Å². The van der Waals surface area contributed by atoms with Crippen molar-refractivity contribution in [2.75, 3.05) is 0 Å². The predicted molar refractivity (Wildman–Crippen MR) is 111 cm³/mol. The zero-order chi connectivity index (χ0) is 19.6. The summed E-state index contributed by atoms with van der Waals surface area (Å²) in [6, 6.07) is 15.3. The Morgan fingerprint density at radius 1 is 1.07 bits per heavy atom. The Balaban J connectivity index is 1.89. The van der Waals surface area contributed by atoms with Crippen LogP contribution in [0.5, 0.6) is 0 Å². The summed E-state index contributed by atoms with van der Waals surface area (Å²) in [7, 11) is 0. The van der Waals surface area contributed by atoms with Crippen LogP contribution in [0.4, 0.5) is 0 Å². The van der Waals surface area contributed by atoms with Gasteiger partial charge in [-0.2, -0.15) is 0 Å². The van der Waals surface area contributed by atoms with E-state index in [4.69, 9.17) is 16.6 Å². The molecule has 0 aliphatic heterocycles. The van der Waals surface area contributed by atoms with Gasteiger partial charge in [-0.05, 0) is 35.1 Å². The lowest BCUT2D eigenvalue weighted by Gasteiger charge is -2.32. The number of aliphatic hydroxyl groups is 1. The summed E-state index contributed by atoms with van der Waals surface area (Å²) in [4.78, 5) is 18.1. The molecule has 2 aliphatic carbocycles. The number of fused-ring (bicyclic) bond motifs is 4. The molecule has 0 radical (unpaired) electrons. The molecule has 0 fully saturated rings. The minimum Gasteiger partial charge on any atom is -0.384 e. The van der Waals surface area contributed by atoms with E-state index in [0.717, 1.165) is 45.6 Å². The van der Waals surface area contributed by atoms with E-state index in [9.17, 15) is 9.90 Å². The topological polar surface area (TPSA) is 50.2 Å². The van der Waals surface area contributed by atoms with Crippen molar-refractivity contribution in [2.45, 2.75) is 32.8 Å². The molecule has 1 heterocycles. The van der Waals surface area contributed by atoms with Gasteiger partial charge in [-0.15, -0.1) is 0 Å². The van der Waals surface area contributed by atoms with Crippen LogP contribution in [0.15, 0.2) is 48.5 Å². The number of hydrogen-bond donors (Lipinski definition) is 1. The zero-order valence-electron chi connectivity index (χ0n) is 15.8. The van der Waals surface area contributed by atoms with Crippen LogP contribution < -0.4 is 0 Å². The van der Waals surface area contributed by atoms with Crippen LogP contribution in [0.3, 0.4) is 0 Å². The normalized spacial score (nSPS) is 19.1. The molecule has 2 aliphatic rings. The Morgan fingerprint density at radius 2 is 1.86 bits per heavy atom. The number of pyridine rings is 1. The van der Waals surface area contributed by atoms with Gasteiger partial charge in [0.05, 0.1) is 11.4 Å². The SMILES string of the molecule is CC1(C)CC(=O)c2c(nc3c(c2-c2cccc(Cl)c2)[C@@H](O)c2ccccc2-3)C1. The van der Waals surface area contributed by atoms with Gasteiger partial charge in [-0.25, -0.2) is 0 Å². The van der Waals surface area contributed by atoms with Gasteiger partial charge < -0.3 is 5.11 Å². The smallest absolute Gasteiger partial charge is 0.165 e. The van der Waals surface area contributed by atoms with Gasteiger partial charge in [0.1, 0.15) is 6.10 Å². The van der Waals surface area contributed by atoms with Crippen LogP contribution in [-0.4, -0.2) is 15.9 Å². The van der Waals surface area contributed by atoms with E-state index in [2.05, 4.69) is 13.8 Å². The molecular formula is C24H20ClNO2. The number of aromatic nitrogens is 1. The maximum absolute atomic E-state index is 13.2. The van der Waals surface area contributed by atoms with Crippen LogP contribution in [-0.2, 0) is 6.42 Å². The zero-order valence-corrected chi connectivity index (χ0v) is 16.5. The third kappa shape index (κ3) is 2.54. The van der Waals surface area contributed by atoms with E-state index >= 15 is 0 Å².